The van der Waals surface area contributed by atoms with Gasteiger partial charge in [-0.15, -0.1) is 0 Å². The minimum atomic E-state index is 0.519. The second-order valence-corrected chi connectivity index (χ2v) is 5.44. The Hall–Kier alpha value is -1.24. The zero-order valence-electron chi connectivity index (χ0n) is 10.9. The first kappa shape index (κ1) is 13.2. The van der Waals surface area contributed by atoms with Crippen molar-refractivity contribution in [2.24, 2.45) is 0 Å². The van der Waals surface area contributed by atoms with E-state index in [0.29, 0.717) is 16.6 Å². The predicted molar refractivity (Wildman–Crippen MR) is 75.1 cm³/mol. The monoisotopic (exact) mass is 263 g/mol. The molecule has 1 atom stereocenters. The average Bonchev–Trinajstić information content (AvgIpc) is 2.76. The van der Waals surface area contributed by atoms with Gasteiger partial charge in [0.2, 0.25) is 0 Å². The highest BCUT2D eigenvalue weighted by Gasteiger charge is 2.26. The van der Waals surface area contributed by atoms with E-state index in [9.17, 15) is 0 Å². The molecule has 96 valence electrons. The standard InChI is InChI=1S/C14H18ClN3/c1-17(2)10-12-4-3-7-18(12)14-6-5-11(9-16)8-13(14)15/h5-6,8,12H,3-4,7,10H2,1-2H3. The highest BCUT2D eigenvalue weighted by Crippen LogP contribution is 2.32. The molecule has 1 aliphatic rings. The van der Waals surface area contributed by atoms with Gasteiger partial charge in [0.1, 0.15) is 0 Å². The summed E-state index contributed by atoms with van der Waals surface area (Å²) in [5.74, 6) is 0. The van der Waals surface area contributed by atoms with Crippen LogP contribution in [0.3, 0.4) is 0 Å². The molecule has 0 aliphatic carbocycles. The zero-order chi connectivity index (χ0) is 13.1. The lowest BCUT2D eigenvalue weighted by Crippen LogP contribution is -2.37. The number of likely N-dealkylation sites (N-methyl/N-ethyl adjacent to an activating group) is 1. The third kappa shape index (κ3) is 2.77. The van der Waals surface area contributed by atoms with Crippen LogP contribution in [0.25, 0.3) is 0 Å². The van der Waals surface area contributed by atoms with Gasteiger partial charge >= 0.3 is 0 Å². The van der Waals surface area contributed by atoms with Gasteiger partial charge in [0.25, 0.3) is 0 Å². The molecular formula is C14H18ClN3. The molecular weight excluding hydrogens is 246 g/mol. The normalized spacial score (nSPS) is 19.3. The second kappa shape index (κ2) is 5.60. The minimum absolute atomic E-state index is 0.519. The molecule has 4 heteroatoms. The molecule has 0 amide bonds. The number of anilines is 1. The van der Waals surface area contributed by atoms with Crippen LogP contribution < -0.4 is 4.90 Å². The molecule has 1 heterocycles. The first-order chi connectivity index (χ1) is 8.61. The van der Waals surface area contributed by atoms with Gasteiger partial charge in [-0.2, -0.15) is 5.26 Å². The summed E-state index contributed by atoms with van der Waals surface area (Å²) in [6.45, 7) is 2.08. The van der Waals surface area contributed by atoms with Gasteiger partial charge in [0.05, 0.1) is 22.3 Å². The Morgan fingerprint density at radius 3 is 2.89 bits per heavy atom. The van der Waals surface area contributed by atoms with Crippen LogP contribution in [0, 0.1) is 11.3 Å². The average molecular weight is 264 g/mol. The number of hydrogen-bond donors (Lipinski definition) is 0. The van der Waals surface area contributed by atoms with Gasteiger partial charge in [0, 0.05) is 19.1 Å². The summed E-state index contributed by atoms with van der Waals surface area (Å²) in [4.78, 5) is 4.57. The maximum Gasteiger partial charge on any atom is 0.0992 e. The van der Waals surface area contributed by atoms with Crippen molar-refractivity contribution in [3.63, 3.8) is 0 Å². The van der Waals surface area contributed by atoms with E-state index in [2.05, 4.69) is 30.0 Å². The molecule has 1 aromatic rings. The predicted octanol–water partition coefficient (Wildman–Crippen LogP) is 2.74. The molecule has 0 spiro atoms. The Labute approximate surface area is 114 Å². The molecule has 18 heavy (non-hydrogen) atoms. The maximum absolute atomic E-state index is 8.86. The molecule has 1 unspecified atom stereocenters. The van der Waals surface area contributed by atoms with Gasteiger partial charge in [-0.05, 0) is 45.1 Å². The van der Waals surface area contributed by atoms with Crippen LogP contribution in [-0.4, -0.2) is 38.1 Å². The first-order valence-corrected chi connectivity index (χ1v) is 6.60. The van der Waals surface area contributed by atoms with Gasteiger partial charge in [-0.1, -0.05) is 11.6 Å². The van der Waals surface area contributed by atoms with Crippen LogP contribution in [-0.2, 0) is 0 Å². The van der Waals surface area contributed by atoms with Crippen molar-refractivity contribution in [2.75, 3.05) is 32.1 Å². The molecule has 0 radical (unpaired) electrons. The molecule has 0 bridgehead atoms. The van der Waals surface area contributed by atoms with Gasteiger partial charge < -0.3 is 9.80 Å². The molecule has 1 fully saturated rings. The molecule has 1 saturated heterocycles. The van der Waals surface area contributed by atoms with E-state index in [0.717, 1.165) is 18.8 Å². The second-order valence-electron chi connectivity index (χ2n) is 5.03. The number of rotatable bonds is 3. The Morgan fingerprint density at radius 1 is 1.50 bits per heavy atom. The lowest BCUT2D eigenvalue weighted by atomic mass is 10.1. The lowest BCUT2D eigenvalue weighted by molar-refractivity contribution is 0.372. The Morgan fingerprint density at radius 2 is 2.28 bits per heavy atom. The topological polar surface area (TPSA) is 30.3 Å². The summed E-state index contributed by atoms with van der Waals surface area (Å²) in [6, 6.07) is 8.20. The fourth-order valence-corrected chi connectivity index (χ4v) is 2.86. The van der Waals surface area contributed by atoms with E-state index in [1.807, 2.05) is 12.1 Å². The van der Waals surface area contributed by atoms with Crippen molar-refractivity contribution in [2.45, 2.75) is 18.9 Å². The van der Waals surface area contributed by atoms with Crippen molar-refractivity contribution >= 4 is 17.3 Å². The van der Waals surface area contributed by atoms with Crippen LogP contribution >= 0.6 is 11.6 Å². The van der Waals surface area contributed by atoms with Crippen LogP contribution in [0.2, 0.25) is 5.02 Å². The van der Waals surface area contributed by atoms with E-state index < -0.39 is 0 Å². The SMILES string of the molecule is CN(C)CC1CCCN1c1ccc(C#N)cc1Cl. The van der Waals surface area contributed by atoms with Crippen LogP contribution in [0.1, 0.15) is 18.4 Å². The summed E-state index contributed by atoms with van der Waals surface area (Å²) in [5.41, 5.74) is 1.67. The Bertz CT molecular complexity index is 465. The highest BCUT2D eigenvalue weighted by atomic mass is 35.5. The fourth-order valence-electron chi connectivity index (χ4n) is 2.57. The fraction of sp³-hybridized carbons (Fsp3) is 0.500. The van der Waals surface area contributed by atoms with Crippen molar-refractivity contribution in [3.8, 4) is 6.07 Å². The molecule has 3 nitrogen and oxygen atoms in total. The summed E-state index contributed by atoms with van der Waals surface area (Å²) in [6.07, 6.45) is 2.41. The minimum Gasteiger partial charge on any atom is -0.366 e. The van der Waals surface area contributed by atoms with E-state index >= 15 is 0 Å². The molecule has 1 aromatic carbocycles. The molecule has 0 N–H and O–H groups in total. The van der Waals surface area contributed by atoms with Crippen molar-refractivity contribution in [3.05, 3.63) is 28.8 Å². The van der Waals surface area contributed by atoms with Crippen molar-refractivity contribution < 1.29 is 0 Å². The number of nitriles is 1. The van der Waals surface area contributed by atoms with Gasteiger partial charge in [0.15, 0.2) is 0 Å². The first-order valence-electron chi connectivity index (χ1n) is 6.23. The smallest absolute Gasteiger partial charge is 0.0992 e. The molecule has 1 aliphatic heterocycles. The number of nitrogens with zero attached hydrogens (tertiary/aromatic N) is 3. The molecule has 0 saturated carbocycles. The summed E-state index contributed by atoms with van der Waals surface area (Å²) < 4.78 is 0. The third-order valence-electron chi connectivity index (χ3n) is 3.34. The van der Waals surface area contributed by atoms with Crippen molar-refractivity contribution in [1.82, 2.24) is 4.90 Å². The number of benzene rings is 1. The third-order valence-corrected chi connectivity index (χ3v) is 3.64. The summed E-state index contributed by atoms with van der Waals surface area (Å²) in [7, 11) is 4.19. The highest BCUT2D eigenvalue weighted by molar-refractivity contribution is 6.33. The summed E-state index contributed by atoms with van der Waals surface area (Å²) >= 11 is 6.28. The lowest BCUT2D eigenvalue weighted by Gasteiger charge is -2.29. The number of hydrogen-bond acceptors (Lipinski definition) is 3. The maximum atomic E-state index is 8.86. The van der Waals surface area contributed by atoms with Gasteiger partial charge in [-0.25, -0.2) is 0 Å². The quantitative estimate of drug-likeness (QED) is 0.840. The molecule has 2 rings (SSSR count). The summed E-state index contributed by atoms with van der Waals surface area (Å²) in [5, 5.41) is 9.54. The Balaban J connectivity index is 2.22. The van der Waals surface area contributed by atoms with E-state index in [1.54, 1.807) is 6.07 Å². The van der Waals surface area contributed by atoms with Crippen molar-refractivity contribution in [1.29, 1.82) is 5.26 Å². The van der Waals surface area contributed by atoms with Crippen LogP contribution in [0.15, 0.2) is 18.2 Å². The number of halogens is 1. The van der Waals surface area contributed by atoms with Gasteiger partial charge in [-0.3, -0.25) is 0 Å². The zero-order valence-corrected chi connectivity index (χ0v) is 11.6. The van der Waals surface area contributed by atoms with E-state index in [1.165, 1.54) is 12.8 Å². The van der Waals surface area contributed by atoms with E-state index in [-0.39, 0.29) is 0 Å². The Kier molecular flexibility index (Phi) is 4.11. The van der Waals surface area contributed by atoms with E-state index in [4.69, 9.17) is 16.9 Å². The van der Waals surface area contributed by atoms with Crippen LogP contribution in [0.5, 0.6) is 0 Å². The molecule has 0 aromatic heterocycles. The largest absolute Gasteiger partial charge is 0.366 e. The van der Waals surface area contributed by atoms with Crippen LogP contribution in [0.4, 0.5) is 5.69 Å².